The van der Waals surface area contributed by atoms with Gasteiger partial charge in [-0.2, -0.15) is 12.6 Å². The molecule has 0 bridgehead atoms. The lowest BCUT2D eigenvalue weighted by molar-refractivity contribution is -0.120. The maximum absolute atomic E-state index is 10.8. The summed E-state index contributed by atoms with van der Waals surface area (Å²) in [5.74, 6) is 2.91. The smallest absolute Gasteiger partial charge is 0.221 e. The highest BCUT2D eigenvalue weighted by molar-refractivity contribution is 7.80. The van der Waals surface area contributed by atoms with E-state index in [1.165, 1.54) is 0 Å². The van der Waals surface area contributed by atoms with Gasteiger partial charge in [0.05, 0.1) is 6.04 Å². The average Bonchev–Trinajstić information content (AvgIpc) is 1.88. The van der Waals surface area contributed by atoms with Crippen LogP contribution in [0.25, 0.3) is 0 Å². The Morgan fingerprint density at radius 2 is 2.50 bits per heavy atom. The molecule has 3 heteroatoms. The maximum Gasteiger partial charge on any atom is 0.221 e. The third-order valence-corrected chi connectivity index (χ3v) is 1.19. The molecule has 0 aliphatic heterocycles. The first-order valence-electron chi connectivity index (χ1n) is 3.07. The molecule has 0 aromatic heterocycles. The highest BCUT2D eigenvalue weighted by Gasteiger charge is 2.01. The molecule has 0 aromatic carbocycles. The van der Waals surface area contributed by atoms with E-state index in [2.05, 4.69) is 23.9 Å². The summed E-state index contributed by atoms with van der Waals surface area (Å²) < 4.78 is 0. The van der Waals surface area contributed by atoms with Crippen LogP contribution in [0.5, 0.6) is 0 Å². The van der Waals surface area contributed by atoms with Gasteiger partial charge in [0.1, 0.15) is 0 Å². The zero-order valence-corrected chi connectivity index (χ0v) is 6.82. The molecule has 1 unspecified atom stereocenters. The van der Waals surface area contributed by atoms with Crippen molar-refractivity contribution in [1.82, 2.24) is 5.32 Å². The molecule has 56 valence electrons. The van der Waals surface area contributed by atoms with Gasteiger partial charge in [-0.05, 0) is 12.7 Å². The van der Waals surface area contributed by atoms with Crippen LogP contribution in [0.15, 0.2) is 0 Å². The second-order valence-corrected chi connectivity index (χ2v) is 2.38. The van der Waals surface area contributed by atoms with Gasteiger partial charge in [-0.1, -0.05) is 5.92 Å². The van der Waals surface area contributed by atoms with Gasteiger partial charge in [0.15, 0.2) is 0 Å². The number of carbonyl (C=O) groups is 1. The fourth-order valence-electron chi connectivity index (χ4n) is 0.457. The summed E-state index contributed by atoms with van der Waals surface area (Å²) in [7, 11) is 0. The molecular formula is C7H11NOS. The van der Waals surface area contributed by atoms with Crippen LogP contribution in [-0.4, -0.2) is 17.7 Å². The van der Waals surface area contributed by atoms with Gasteiger partial charge >= 0.3 is 0 Å². The molecule has 1 atom stereocenters. The van der Waals surface area contributed by atoms with Crippen molar-refractivity contribution in [2.45, 2.75) is 19.4 Å². The van der Waals surface area contributed by atoms with Gasteiger partial charge < -0.3 is 5.32 Å². The van der Waals surface area contributed by atoms with E-state index in [1.54, 1.807) is 6.92 Å². The predicted molar refractivity (Wildman–Crippen MR) is 44.9 cm³/mol. The van der Waals surface area contributed by atoms with Crippen molar-refractivity contribution >= 4 is 18.5 Å². The molecule has 2 nitrogen and oxygen atoms in total. The molecule has 1 amide bonds. The number of hydrogen-bond donors (Lipinski definition) is 2. The van der Waals surface area contributed by atoms with E-state index in [0.717, 1.165) is 0 Å². The molecule has 0 rings (SSSR count). The van der Waals surface area contributed by atoms with Crippen LogP contribution in [0.2, 0.25) is 0 Å². The van der Waals surface area contributed by atoms with Crippen molar-refractivity contribution in [1.29, 1.82) is 0 Å². The Labute approximate surface area is 66.8 Å². The quantitative estimate of drug-likeness (QED) is 0.452. The van der Waals surface area contributed by atoms with Crippen LogP contribution in [0.1, 0.15) is 13.3 Å². The van der Waals surface area contributed by atoms with E-state index in [9.17, 15) is 4.79 Å². The number of terminal acetylenes is 1. The molecule has 0 aromatic rings. The Morgan fingerprint density at radius 3 is 2.90 bits per heavy atom. The van der Waals surface area contributed by atoms with E-state index >= 15 is 0 Å². The summed E-state index contributed by atoms with van der Waals surface area (Å²) in [5.41, 5.74) is 0. The van der Waals surface area contributed by atoms with Gasteiger partial charge in [0.2, 0.25) is 5.91 Å². The van der Waals surface area contributed by atoms with Crippen molar-refractivity contribution in [3.8, 4) is 12.3 Å². The highest BCUT2D eigenvalue weighted by Crippen LogP contribution is 1.85. The molecular weight excluding hydrogens is 146 g/mol. The Balaban J connectivity index is 3.49. The predicted octanol–water partition coefficient (Wildman–Crippen LogP) is 0.444. The fraction of sp³-hybridized carbons (Fsp3) is 0.571. The Hall–Kier alpha value is -0.620. The van der Waals surface area contributed by atoms with Gasteiger partial charge in [0, 0.05) is 6.42 Å². The number of carbonyl (C=O) groups excluding carboxylic acids is 1. The first kappa shape index (κ1) is 9.38. The minimum atomic E-state index is -0.174. The highest BCUT2D eigenvalue weighted by atomic mass is 32.1. The van der Waals surface area contributed by atoms with Crippen molar-refractivity contribution in [2.24, 2.45) is 0 Å². The third kappa shape index (κ3) is 4.28. The zero-order valence-electron chi connectivity index (χ0n) is 5.92. The van der Waals surface area contributed by atoms with E-state index in [0.29, 0.717) is 12.2 Å². The van der Waals surface area contributed by atoms with Crippen LogP contribution in [0.4, 0.5) is 0 Å². The van der Waals surface area contributed by atoms with E-state index in [-0.39, 0.29) is 11.9 Å². The van der Waals surface area contributed by atoms with Crippen LogP contribution in [0, 0.1) is 12.3 Å². The van der Waals surface area contributed by atoms with Crippen molar-refractivity contribution < 1.29 is 4.79 Å². The van der Waals surface area contributed by atoms with Crippen LogP contribution in [0.3, 0.4) is 0 Å². The van der Waals surface area contributed by atoms with Gasteiger partial charge in [-0.15, -0.1) is 6.42 Å². The van der Waals surface area contributed by atoms with Gasteiger partial charge in [0.25, 0.3) is 0 Å². The Bertz CT molecular complexity index is 150. The third-order valence-electron chi connectivity index (χ3n) is 0.966. The number of nitrogens with one attached hydrogen (secondary N) is 1. The number of thiol groups is 1. The molecule has 10 heavy (non-hydrogen) atoms. The minimum Gasteiger partial charge on any atom is -0.343 e. The Morgan fingerprint density at radius 1 is 1.90 bits per heavy atom. The van der Waals surface area contributed by atoms with Crippen LogP contribution in [-0.2, 0) is 4.79 Å². The van der Waals surface area contributed by atoms with Gasteiger partial charge in [-0.3, -0.25) is 4.79 Å². The average molecular weight is 157 g/mol. The summed E-state index contributed by atoms with van der Waals surface area (Å²) in [6.07, 6.45) is 5.46. The summed E-state index contributed by atoms with van der Waals surface area (Å²) >= 11 is 3.90. The number of amides is 1. The topological polar surface area (TPSA) is 29.1 Å². The summed E-state index contributed by atoms with van der Waals surface area (Å²) in [4.78, 5) is 10.8. The van der Waals surface area contributed by atoms with Gasteiger partial charge in [-0.25, -0.2) is 0 Å². The molecule has 0 heterocycles. The zero-order chi connectivity index (χ0) is 7.98. The molecule has 0 spiro atoms. The fourth-order valence-corrected chi connectivity index (χ4v) is 0.660. The Kier molecular flexibility index (Phi) is 4.87. The van der Waals surface area contributed by atoms with Crippen LogP contribution >= 0.6 is 12.6 Å². The molecule has 1 N–H and O–H groups in total. The first-order chi connectivity index (χ1) is 4.70. The second-order valence-electron chi connectivity index (χ2n) is 1.93. The minimum absolute atomic E-state index is 0.0412. The summed E-state index contributed by atoms with van der Waals surface area (Å²) in [5, 5.41) is 2.61. The standard InChI is InChI=1S/C7H11NOS/c1-3-6(2)8-7(9)4-5-10/h1,6,10H,4-5H2,2H3,(H,8,9). The monoisotopic (exact) mass is 157 g/mol. The lowest BCUT2D eigenvalue weighted by Gasteiger charge is -2.05. The van der Waals surface area contributed by atoms with Crippen LogP contribution < -0.4 is 5.32 Å². The largest absolute Gasteiger partial charge is 0.343 e. The molecule has 0 fully saturated rings. The van der Waals surface area contributed by atoms with Crippen molar-refractivity contribution in [2.75, 3.05) is 5.75 Å². The van der Waals surface area contributed by atoms with Crippen molar-refractivity contribution in [3.05, 3.63) is 0 Å². The SMILES string of the molecule is C#CC(C)NC(=O)CCS. The summed E-state index contributed by atoms with van der Waals surface area (Å²) in [6, 6.07) is -0.174. The van der Waals surface area contributed by atoms with E-state index in [1.807, 2.05) is 0 Å². The lowest BCUT2D eigenvalue weighted by atomic mass is 10.3. The molecule has 0 aliphatic rings. The van der Waals surface area contributed by atoms with E-state index in [4.69, 9.17) is 6.42 Å². The molecule has 0 saturated carbocycles. The normalized spacial score (nSPS) is 11.7. The van der Waals surface area contributed by atoms with Crippen molar-refractivity contribution in [3.63, 3.8) is 0 Å². The maximum atomic E-state index is 10.8. The van der Waals surface area contributed by atoms with E-state index < -0.39 is 0 Å². The second kappa shape index (κ2) is 5.19. The molecule has 0 saturated heterocycles. The first-order valence-corrected chi connectivity index (χ1v) is 3.70. The number of hydrogen-bond acceptors (Lipinski definition) is 2. The molecule has 0 aliphatic carbocycles. The molecule has 0 radical (unpaired) electrons. The number of rotatable bonds is 3. The summed E-state index contributed by atoms with van der Waals surface area (Å²) in [6.45, 7) is 1.76. The lowest BCUT2D eigenvalue weighted by Crippen LogP contribution is -2.31.